The summed E-state index contributed by atoms with van der Waals surface area (Å²) in [5.41, 5.74) is 0.709. The molecule has 9 nitrogen and oxygen atoms in total. The number of hydrogen-bond acceptors (Lipinski definition) is 7. The smallest absolute Gasteiger partial charge is 0.337 e. The average molecular weight is 543 g/mol. The van der Waals surface area contributed by atoms with Crippen LogP contribution in [0.1, 0.15) is 39.1 Å². The van der Waals surface area contributed by atoms with E-state index in [1.807, 2.05) is 0 Å². The number of methoxy groups -OCH3 is 2. The number of ether oxygens (including phenoxy) is 2. The molecule has 1 amide bonds. The fourth-order valence-corrected chi connectivity index (χ4v) is 5.95. The number of nitrogens with one attached hydrogen (secondary N) is 1. The lowest BCUT2D eigenvalue weighted by Crippen LogP contribution is -2.44. The summed E-state index contributed by atoms with van der Waals surface area (Å²) in [6.45, 7) is 0.265. The Balaban J connectivity index is 1.76. The second kappa shape index (κ2) is 11.4. The van der Waals surface area contributed by atoms with Crippen LogP contribution in [-0.2, 0) is 30.0 Å². The summed E-state index contributed by atoms with van der Waals surface area (Å²) in [5, 5.41) is 3.33. The van der Waals surface area contributed by atoms with E-state index in [2.05, 4.69) is 5.32 Å². The van der Waals surface area contributed by atoms with E-state index in [1.54, 1.807) is 12.1 Å². The quantitative estimate of drug-likeness (QED) is 0.529. The van der Waals surface area contributed by atoms with Crippen LogP contribution >= 0.6 is 23.2 Å². The molecule has 2 aromatic carbocycles. The highest BCUT2D eigenvalue weighted by atomic mass is 35.5. The zero-order chi connectivity index (χ0) is 25.8. The molecular weight excluding hydrogens is 519 g/mol. The number of sulfonamides is 1. The highest BCUT2D eigenvalue weighted by Gasteiger charge is 2.33. The van der Waals surface area contributed by atoms with Gasteiger partial charge < -0.3 is 14.8 Å². The van der Waals surface area contributed by atoms with Crippen molar-refractivity contribution < 1.29 is 32.3 Å². The summed E-state index contributed by atoms with van der Waals surface area (Å²) in [5.74, 6) is -2.78. The highest BCUT2D eigenvalue weighted by Crippen LogP contribution is 2.27. The molecule has 1 N–H and O–H groups in total. The third-order valence-corrected chi connectivity index (χ3v) is 7.93. The zero-order valence-corrected chi connectivity index (χ0v) is 21.4. The zero-order valence-electron chi connectivity index (χ0n) is 19.0. The van der Waals surface area contributed by atoms with Crippen molar-refractivity contribution in [3.63, 3.8) is 0 Å². The molecular formula is C23H24Cl2N2O7S. The minimum atomic E-state index is -3.75. The first kappa shape index (κ1) is 26.9. The van der Waals surface area contributed by atoms with Crippen LogP contribution in [0.15, 0.2) is 36.4 Å². The first-order chi connectivity index (χ1) is 16.5. The molecule has 1 aliphatic heterocycles. The molecule has 0 aromatic heterocycles. The van der Waals surface area contributed by atoms with E-state index in [9.17, 15) is 22.8 Å². The largest absolute Gasteiger partial charge is 0.465 e. The van der Waals surface area contributed by atoms with Crippen LogP contribution in [0.2, 0.25) is 10.0 Å². The number of halogens is 2. The van der Waals surface area contributed by atoms with Gasteiger partial charge in [-0.1, -0.05) is 29.3 Å². The maximum Gasteiger partial charge on any atom is 0.337 e. The molecule has 0 aliphatic carbocycles. The third-order valence-electron chi connectivity index (χ3n) is 5.54. The molecule has 3 rings (SSSR count). The Morgan fingerprint density at radius 3 is 2.23 bits per heavy atom. The lowest BCUT2D eigenvalue weighted by molar-refractivity contribution is -0.120. The van der Waals surface area contributed by atoms with Crippen LogP contribution < -0.4 is 5.32 Å². The molecule has 1 fully saturated rings. The molecule has 0 bridgehead atoms. The van der Waals surface area contributed by atoms with Gasteiger partial charge in [0.25, 0.3) is 0 Å². The predicted octanol–water partition coefficient (Wildman–Crippen LogP) is 3.75. The summed E-state index contributed by atoms with van der Waals surface area (Å²) in [7, 11) is -1.36. The number of rotatable bonds is 7. The van der Waals surface area contributed by atoms with Crippen LogP contribution in [0.3, 0.4) is 0 Å². The molecule has 35 heavy (non-hydrogen) atoms. The summed E-state index contributed by atoms with van der Waals surface area (Å²) >= 11 is 12.0. The normalized spacial score (nSPS) is 16.4. The Bertz CT molecular complexity index is 1220. The van der Waals surface area contributed by atoms with Gasteiger partial charge in [0.2, 0.25) is 15.9 Å². The number of anilines is 1. The van der Waals surface area contributed by atoms with Crippen molar-refractivity contribution >= 4 is 56.8 Å². The molecule has 188 valence electrons. The van der Waals surface area contributed by atoms with E-state index in [0.29, 0.717) is 23.4 Å². The Morgan fingerprint density at radius 1 is 1.03 bits per heavy atom. The molecule has 1 atom stereocenters. The SMILES string of the molecule is COC(=O)c1cc(NC(=O)C2CCCN(S(=O)(=O)Cc3ccc(Cl)cc3Cl)C2)cc(C(=O)OC)c1. The van der Waals surface area contributed by atoms with Gasteiger partial charge in [-0.15, -0.1) is 0 Å². The van der Waals surface area contributed by atoms with Crippen molar-refractivity contribution in [1.29, 1.82) is 0 Å². The maximum absolute atomic E-state index is 13.0. The Hall–Kier alpha value is -2.66. The van der Waals surface area contributed by atoms with Crippen LogP contribution in [0.25, 0.3) is 0 Å². The molecule has 12 heteroatoms. The first-order valence-corrected chi connectivity index (χ1v) is 12.9. The summed E-state index contributed by atoms with van der Waals surface area (Å²) in [4.78, 5) is 37.0. The van der Waals surface area contributed by atoms with Crippen molar-refractivity contribution in [3.05, 3.63) is 63.1 Å². The fourth-order valence-electron chi connectivity index (χ4n) is 3.75. The van der Waals surface area contributed by atoms with Gasteiger partial charge in [0.05, 0.1) is 37.0 Å². The van der Waals surface area contributed by atoms with E-state index >= 15 is 0 Å². The van der Waals surface area contributed by atoms with Crippen LogP contribution in [0, 0.1) is 5.92 Å². The monoisotopic (exact) mass is 542 g/mol. The number of benzene rings is 2. The lowest BCUT2D eigenvalue weighted by Gasteiger charge is -2.31. The van der Waals surface area contributed by atoms with Gasteiger partial charge in [-0.3, -0.25) is 4.79 Å². The van der Waals surface area contributed by atoms with E-state index < -0.39 is 33.8 Å². The molecule has 1 unspecified atom stereocenters. The van der Waals surface area contributed by atoms with Gasteiger partial charge in [0.1, 0.15) is 0 Å². The minimum Gasteiger partial charge on any atom is -0.465 e. The van der Waals surface area contributed by atoms with Gasteiger partial charge in [0, 0.05) is 28.8 Å². The van der Waals surface area contributed by atoms with E-state index in [-0.39, 0.29) is 40.7 Å². The Kier molecular flexibility index (Phi) is 8.76. The molecule has 1 saturated heterocycles. The number of piperidine rings is 1. The molecule has 0 radical (unpaired) electrons. The van der Waals surface area contributed by atoms with E-state index in [0.717, 1.165) is 0 Å². The van der Waals surface area contributed by atoms with Gasteiger partial charge in [0.15, 0.2) is 0 Å². The molecule has 0 saturated carbocycles. The van der Waals surface area contributed by atoms with Crippen molar-refractivity contribution in [2.75, 3.05) is 32.6 Å². The van der Waals surface area contributed by atoms with Crippen molar-refractivity contribution in [2.45, 2.75) is 18.6 Å². The fraction of sp³-hybridized carbons (Fsp3) is 0.348. The lowest BCUT2D eigenvalue weighted by atomic mass is 9.98. The van der Waals surface area contributed by atoms with E-state index in [4.69, 9.17) is 32.7 Å². The molecule has 1 heterocycles. The number of esters is 2. The summed E-state index contributed by atoms with van der Waals surface area (Å²) in [6, 6.07) is 8.64. The third kappa shape index (κ3) is 6.72. The Labute approximate surface area is 213 Å². The van der Waals surface area contributed by atoms with Crippen molar-refractivity contribution in [1.82, 2.24) is 4.31 Å². The predicted molar refractivity (Wildman–Crippen MR) is 131 cm³/mol. The first-order valence-electron chi connectivity index (χ1n) is 10.6. The Morgan fingerprint density at radius 2 is 1.66 bits per heavy atom. The maximum atomic E-state index is 13.0. The van der Waals surface area contributed by atoms with Crippen molar-refractivity contribution in [2.24, 2.45) is 5.92 Å². The number of nitrogens with zero attached hydrogens (tertiary/aromatic N) is 1. The van der Waals surface area contributed by atoms with Gasteiger partial charge in [-0.25, -0.2) is 22.3 Å². The van der Waals surface area contributed by atoms with Gasteiger partial charge in [-0.2, -0.15) is 0 Å². The minimum absolute atomic E-state index is 0.0140. The summed E-state index contributed by atoms with van der Waals surface area (Å²) in [6.07, 6.45) is 0.960. The van der Waals surface area contributed by atoms with Gasteiger partial charge in [-0.05, 0) is 48.7 Å². The summed E-state index contributed by atoms with van der Waals surface area (Å²) < 4.78 is 36.7. The van der Waals surface area contributed by atoms with E-state index in [1.165, 1.54) is 42.8 Å². The second-order valence-electron chi connectivity index (χ2n) is 7.96. The highest BCUT2D eigenvalue weighted by molar-refractivity contribution is 7.88. The number of hydrogen-bond donors (Lipinski definition) is 1. The number of carbonyl (C=O) groups is 3. The molecule has 0 spiro atoms. The molecule has 2 aromatic rings. The number of carbonyl (C=O) groups excluding carboxylic acids is 3. The second-order valence-corrected chi connectivity index (χ2v) is 10.8. The topological polar surface area (TPSA) is 119 Å². The number of amides is 1. The van der Waals surface area contributed by atoms with Gasteiger partial charge >= 0.3 is 11.9 Å². The van der Waals surface area contributed by atoms with Crippen LogP contribution in [-0.4, -0.2) is 57.9 Å². The van der Waals surface area contributed by atoms with Crippen LogP contribution in [0.5, 0.6) is 0 Å². The van der Waals surface area contributed by atoms with Crippen LogP contribution in [0.4, 0.5) is 5.69 Å². The standard InChI is InChI=1S/C23H24Cl2N2O7S/c1-33-22(29)16-8-17(23(30)34-2)10-19(9-16)26-21(28)14-4-3-7-27(12-14)35(31,32)13-15-5-6-18(24)11-20(15)25/h5-6,8-11,14H,3-4,7,12-13H2,1-2H3,(H,26,28). The van der Waals surface area contributed by atoms with Crippen molar-refractivity contribution in [3.8, 4) is 0 Å². The molecule has 1 aliphatic rings. The average Bonchev–Trinajstić information content (AvgIpc) is 2.84.